The van der Waals surface area contributed by atoms with Crippen molar-refractivity contribution >= 4 is 17.7 Å². The third-order valence-corrected chi connectivity index (χ3v) is 4.33. The number of aliphatic hydroxyl groups is 1. The van der Waals surface area contributed by atoms with Gasteiger partial charge in [0.15, 0.2) is 0 Å². The molecule has 1 fully saturated rings. The number of thioether (sulfide) groups is 1. The SMILES string of the molecule is O=C(NCC1CCSC1)c1ccncc1C#CCCO. The van der Waals surface area contributed by atoms with Crippen LogP contribution >= 0.6 is 11.8 Å². The molecule has 1 aromatic rings. The molecular formula is C15H18N2O2S. The Hall–Kier alpha value is -1.51. The summed E-state index contributed by atoms with van der Waals surface area (Å²) in [6.45, 7) is 0.742. The number of aliphatic hydroxyl groups excluding tert-OH is 1. The van der Waals surface area contributed by atoms with Crippen LogP contribution in [0.5, 0.6) is 0 Å². The number of rotatable bonds is 4. The predicted octanol–water partition coefficient (Wildman–Crippen LogP) is 1.30. The van der Waals surface area contributed by atoms with Gasteiger partial charge in [-0.3, -0.25) is 9.78 Å². The van der Waals surface area contributed by atoms with Crippen molar-refractivity contribution in [1.29, 1.82) is 0 Å². The molecule has 0 aliphatic carbocycles. The fourth-order valence-electron chi connectivity index (χ4n) is 1.98. The highest BCUT2D eigenvalue weighted by Crippen LogP contribution is 2.22. The summed E-state index contributed by atoms with van der Waals surface area (Å²) >= 11 is 1.94. The number of carbonyl (C=O) groups excluding carboxylic acids is 1. The van der Waals surface area contributed by atoms with E-state index in [0.717, 1.165) is 12.3 Å². The monoisotopic (exact) mass is 290 g/mol. The van der Waals surface area contributed by atoms with E-state index >= 15 is 0 Å². The van der Waals surface area contributed by atoms with E-state index in [1.165, 1.54) is 12.2 Å². The fraction of sp³-hybridized carbons (Fsp3) is 0.467. The van der Waals surface area contributed by atoms with Crippen LogP contribution in [0.15, 0.2) is 18.5 Å². The van der Waals surface area contributed by atoms with Gasteiger partial charge in [0.25, 0.3) is 5.91 Å². The van der Waals surface area contributed by atoms with Gasteiger partial charge >= 0.3 is 0 Å². The summed E-state index contributed by atoms with van der Waals surface area (Å²) in [6.07, 6.45) is 4.75. The van der Waals surface area contributed by atoms with Crippen molar-refractivity contribution in [2.24, 2.45) is 5.92 Å². The summed E-state index contributed by atoms with van der Waals surface area (Å²) in [5.41, 5.74) is 1.16. The van der Waals surface area contributed by atoms with Gasteiger partial charge < -0.3 is 10.4 Å². The molecule has 5 heteroatoms. The van der Waals surface area contributed by atoms with Gasteiger partial charge in [-0.15, -0.1) is 0 Å². The van der Waals surface area contributed by atoms with Gasteiger partial charge in [0.1, 0.15) is 0 Å². The molecule has 2 heterocycles. The van der Waals surface area contributed by atoms with Crippen LogP contribution in [0.2, 0.25) is 0 Å². The van der Waals surface area contributed by atoms with Crippen LogP contribution < -0.4 is 5.32 Å². The topological polar surface area (TPSA) is 62.2 Å². The number of nitrogens with one attached hydrogen (secondary N) is 1. The van der Waals surface area contributed by atoms with Crippen LogP contribution in [0.4, 0.5) is 0 Å². The lowest BCUT2D eigenvalue weighted by Gasteiger charge is -2.10. The van der Waals surface area contributed by atoms with Gasteiger partial charge in [-0.1, -0.05) is 11.8 Å². The van der Waals surface area contributed by atoms with Crippen molar-refractivity contribution in [3.05, 3.63) is 29.6 Å². The largest absolute Gasteiger partial charge is 0.395 e. The maximum atomic E-state index is 12.2. The first-order valence-electron chi connectivity index (χ1n) is 6.71. The fourth-order valence-corrected chi connectivity index (χ4v) is 3.27. The highest BCUT2D eigenvalue weighted by atomic mass is 32.2. The summed E-state index contributed by atoms with van der Waals surface area (Å²) in [5.74, 6) is 8.50. The molecule has 20 heavy (non-hydrogen) atoms. The molecule has 1 aliphatic rings. The smallest absolute Gasteiger partial charge is 0.252 e. The molecular weight excluding hydrogens is 272 g/mol. The second-order valence-corrected chi connectivity index (χ2v) is 5.79. The third kappa shape index (κ3) is 4.26. The normalized spacial score (nSPS) is 17.4. The Bertz CT molecular complexity index is 516. The summed E-state index contributed by atoms with van der Waals surface area (Å²) < 4.78 is 0. The Labute approximate surface area is 123 Å². The number of nitrogens with zero attached hydrogens (tertiary/aromatic N) is 1. The molecule has 1 aliphatic heterocycles. The van der Waals surface area contributed by atoms with Crippen LogP contribution in [0.3, 0.4) is 0 Å². The molecule has 2 N–H and O–H groups in total. The van der Waals surface area contributed by atoms with Crippen LogP contribution in [-0.4, -0.2) is 40.7 Å². The lowest BCUT2D eigenvalue weighted by Crippen LogP contribution is -2.29. The summed E-state index contributed by atoms with van der Waals surface area (Å²) in [7, 11) is 0. The van der Waals surface area contributed by atoms with E-state index in [-0.39, 0.29) is 12.5 Å². The van der Waals surface area contributed by atoms with E-state index in [0.29, 0.717) is 23.5 Å². The van der Waals surface area contributed by atoms with E-state index in [1.54, 1.807) is 18.5 Å². The van der Waals surface area contributed by atoms with Gasteiger partial charge in [0.05, 0.1) is 17.7 Å². The van der Waals surface area contributed by atoms with Crippen molar-refractivity contribution in [3.8, 4) is 11.8 Å². The first-order valence-corrected chi connectivity index (χ1v) is 7.86. The number of amides is 1. The Morgan fingerprint density at radius 2 is 2.50 bits per heavy atom. The van der Waals surface area contributed by atoms with Crippen molar-refractivity contribution in [2.75, 3.05) is 24.7 Å². The van der Waals surface area contributed by atoms with Crippen molar-refractivity contribution in [2.45, 2.75) is 12.8 Å². The van der Waals surface area contributed by atoms with Crippen molar-refractivity contribution in [1.82, 2.24) is 10.3 Å². The van der Waals surface area contributed by atoms with Crippen LogP contribution in [0, 0.1) is 17.8 Å². The molecule has 0 aromatic carbocycles. The van der Waals surface area contributed by atoms with Crippen LogP contribution in [0.25, 0.3) is 0 Å². The number of hydrogen-bond donors (Lipinski definition) is 2. The van der Waals surface area contributed by atoms with Crippen LogP contribution in [-0.2, 0) is 0 Å². The molecule has 0 radical (unpaired) electrons. The first kappa shape index (κ1) is 14.9. The maximum Gasteiger partial charge on any atom is 0.252 e. The number of aromatic nitrogens is 1. The van der Waals surface area contributed by atoms with E-state index < -0.39 is 0 Å². The minimum absolute atomic E-state index is 0.0220. The summed E-state index contributed by atoms with van der Waals surface area (Å²) in [5, 5.41) is 11.7. The molecule has 106 valence electrons. The number of hydrogen-bond acceptors (Lipinski definition) is 4. The highest BCUT2D eigenvalue weighted by molar-refractivity contribution is 7.99. The van der Waals surface area contributed by atoms with Gasteiger partial charge in [0, 0.05) is 25.4 Å². The summed E-state index contributed by atoms with van der Waals surface area (Å²) in [6, 6.07) is 1.68. The molecule has 0 spiro atoms. The van der Waals surface area contributed by atoms with Gasteiger partial charge in [-0.05, 0) is 29.9 Å². The molecule has 4 nitrogen and oxygen atoms in total. The van der Waals surface area contributed by atoms with Crippen LogP contribution in [0.1, 0.15) is 28.8 Å². The van der Waals surface area contributed by atoms with E-state index in [1.807, 2.05) is 11.8 Å². The zero-order valence-electron chi connectivity index (χ0n) is 11.3. The number of pyridine rings is 1. The number of carbonyl (C=O) groups is 1. The molecule has 1 saturated heterocycles. The average molecular weight is 290 g/mol. The first-order chi connectivity index (χ1) is 9.81. The molecule has 1 atom stereocenters. The molecule has 0 saturated carbocycles. The minimum Gasteiger partial charge on any atom is -0.395 e. The average Bonchev–Trinajstić information content (AvgIpc) is 2.99. The molecule has 0 bridgehead atoms. The molecule has 1 amide bonds. The van der Waals surface area contributed by atoms with Crippen molar-refractivity contribution < 1.29 is 9.90 Å². The van der Waals surface area contributed by atoms with E-state index in [2.05, 4.69) is 22.1 Å². The second-order valence-electron chi connectivity index (χ2n) is 4.64. The quantitative estimate of drug-likeness (QED) is 0.821. The maximum absolute atomic E-state index is 12.2. The Morgan fingerprint density at radius 3 is 3.25 bits per heavy atom. The second kappa shape index (κ2) is 7.93. The standard InChI is InChI=1S/C15H18N2O2S/c18-7-2-1-3-13-10-16-6-4-14(13)15(19)17-9-12-5-8-20-11-12/h4,6,10,12,18H,2,5,7-9,11H2,(H,17,19). The van der Waals surface area contributed by atoms with Gasteiger partial charge in [-0.2, -0.15) is 11.8 Å². The zero-order valence-corrected chi connectivity index (χ0v) is 12.1. The zero-order chi connectivity index (χ0) is 14.2. The highest BCUT2D eigenvalue weighted by Gasteiger charge is 2.17. The van der Waals surface area contributed by atoms with Gasteiger partial charge in [0.2, 0.25) is 0 Å². The molecule has 1 unspecified atom stereocenters. The molecule has 2 rings (SSSR count). The lowest BCUT2D eigenvalue weighted by atomic mass is 10.1. The third-order valence-electron chi connectivity index (χ3n) is 3.10. The lowest BCUT2D eigenvalue weighted by molar-refractivity contribution is 0.0948. The Kier molecular flexibility index (Phi) is 5.90. The Morgan fingerprint density at radius 1 is 1.60 bits per heavy atom. The molecule has 1 aromatic heterocycles. The van der Waals surface area contributed by atoms with Gasteiger partial charge in [-0.25, -0.2) is 0 Å². The van der Waals surface area contributed by atoms with E-state index in [4.69, 9.17) is 5.11 Å². The minimum atomic E-state index is -0.0994. The van der Waals surface area contributed by atoms with E-state index in [9.17, 15) is 4.79 Å². The summed E-state index contributed by atoms with van der Waals surface area (Å²) in [4.78, 5) is 16.2. The predicted molar refractivity (Wildman–Crippen MR) is 80.6 cm³/mol. The van der Waals surface area contributed by atoms with Crippen molar-refractivity contribution in [3.63, 3.8) is 0 Å². The Balaban J connectivity index is 1.99.